The molecule has 0 spiro atoms. The Bertz CT molecular complexity index is 1490. The zero-order valence-electron chi connectivity index (χ0n) is 25.3. The quantitative estimate of drug-likeness (QED) is 0.123. The van der Waals surface area contributed by atoms with Crippen molar-refractivity contribution in [2.45, 2.75) is 80.7 Å². The molecule has 1 unspecified atom stereocenters. The molecule has 0 aromatic heterocycles. The molecule has 0 amide bonds. The van der Waals surface area contributed by atoms with E-state index in [1.165, 1.54) is 55.6 Å². The number of hydrogen-bond acceptors (Lipinski definition) is 1. The van der Waals surface area contributed by atoms with E-state index in [9.17, 15) is 0 Å². The van der Waals surface area contributed by atoms with Crippen LogP contribution in [0, 0.1) is 0 Å². The van der Waals surface area contributed by atoms with Gasteiger partial charge in [0.05, 0.1) is 0 Å². The summed E-state index contributed by atoms with van der Waals surface area (Å²) in [6.07, 6.45) is 3.75. The van der Waals surface area contributed by atoms with Crippen LogP contribution in [0.5, 0.6) is 0 Å². The summed E-state index contributed by atoms with van der Waals surface area (Å²) in [6.45, 7) is 9.28. The topological polar surface area (TPSA) is 9.23 Å². The minimum atomic E-state index is -2.86. The summed E-state index contributed by atoms with van der Waals surface area (Å²) in [5.74, 6) is 0. The van der Waals surface area contributed by atoms with E-state index in [1.807, 2.05) is 0 Å². The van der Waals surface area contributed by atoms with E-state index >= 15 is 0 Å². The molecule has 0 saturated heterocycles. The first kappa shape index (κ1) is 30.5. The third kappa shape index (κ3) is 5.16. The van der Waals surface area contributed by atoms with Crippen LogP contribution in [0.4, 0.5) is 0 Å². The second-order valence-electron chi connectivity index (χ2n) is 12.1. The molecule has 4 aromatic carbocycles. The van der Waals surface area contributed by atoms with Crippen LogP contribution in [0.25, 0.3) is 22.3 Å². The fourth-order valence-electron chi connectivity index (χ4n) is 7.88. The first-order valence-electron chi connectivity index (χ1n) is 15.7. The minimum absolute atomic E-state index is 0.0542. The van der Waals surface area contributed by atoms with Crippen LogP contribution < -0.4 is 0 Å². The molecule has 0 bridgehead atoms. The van der Waals surface area contributed by atoms with Crippen molar-refractivity contribution < 1.29 is 23.8 Å². The summed E-state index contributed by atoms with van der Waals surface area (Å²) < 4.78 is 7.22. The van der Waals surface area contributed by atoms with Gasteiger partial charge in [-0.25, -0.2) is 0 Å². The Morgan fingerprint density at radius 2 is 1.12 bits per heavy atom. The van der Waals surface area contributed by atoms with E-state index in [0.29, 0.717) is 0 Å². The molecular formula is C37H41Cl2OSiZr. The van der Waals surface area contributed by atoms with Crippen LogP contribution in [0.3, 0.4) is 0 Å². The van der Waals surface area contributed by atoms with Crippen molar-refractivity contribution in [3.05, 3.63) is 118 Å². The summed E-state index contributed by atoms with van der Waals surface area (Å²) >= 11 is -2.86. The predicted octanol–water partition coefficient (Wildman–Crippen LogP) is 11.2. The molecule has 1 atom stereocenters. The second-order valence-corrected chi connectivity index (χ2v) is 25.8. The van der Waals surface area contributed by atoms with Gasteiger partial charge < -0.3 is 0 Å². The van der Waals surface area contributed by atoms with Crippen molar-refractivity contribution in [1.29, 1.82) is 0 Å². The number of hydrogen-bond donors (Lipinski definition) is 0. The molecule has 2 aliphatic carbocycles. The van der Waals surface area contributed by atoms with Crippen LogP contribution in [0.15, 0.2) is 84.9 Å². The van der Waals surface area contributed by atoms with E-state index in [4.69, 9.17) is 21.5 Å². The molecule has 0 aliphatic heterocycles. The normalized spacial score (nSPS) is 14.2. The molecule has 5 heteroatoms. The molecule has 2 aliphatic rings. The molecule has 42 heavy (non-hydrogen) atoms. The van der Waals surface area contributed by atoms with E-state index in [2.05, 4.69) is 113 Å². The van der Waals surface area contributed by atoms with E-state index < -0.39 is 27.7 Å². The average molecular weight is 692 g/mol. The Hall–Kier alpha value is -1.48. The van der Waals surface area contributed by atoms with Gasteiger partial charge in [-0.1, -0.05) is 0 Å². The monoisotopic (exact) mass is 689 g/mol. The summed E-state index contributed by atoms with van der Waals surface area (Å²) in [6, 6.07) is 35.2. The van der Waals surface area contributed by atoms with Gasteiger partial charge in [0.2, 0.25) is 0 Å². The predicted molar refractivity (Wildman–Crippen MR) is 179 cm³/mol. The maximum absolute atomic E-state index is 7.27. The Morgan fingerprint density at radius 1 is 0.667 bits per heavy atom. The number of benzene rings is 4. The molecule has 0 saturated carbocycles. The SMILES string of the molecule is CCC(C[CH](O[Si](CC)(CC)CC)[Zr]([Cl])[Cl])(c1cccc2c1Cc1ccccc1-2)c1cccc2c1Cc1ccccc1-2. The van der Waals surface area contributed by atoms with Crippen molar-refractivity contribution in [2.24, 2.45) is 0 Å². The molecule has 0 radical (unpaired) electrons. The van der Waals surface area contributed by atoms with Gasteiger partial charge >= 0.3 is 270 Å². The van der Waals surface area contributed by atoms with Crippen LogP contribution in [-0.4, -0.2) is 12.1 Å². The van der Waals surface area contributed by atoms with Gasteiger partial charge in [-0.2, -0.15) is 0 Å². The summed E-state index contributed by atoms with van der Waals surface area (Å²) in [7, 11) is 12.3. The van der Waals surface area contributed by atoms with Gasteiger partial charge in [0.15, 0.2) is 0 Å². The number of halogens is 2. The maximum atomic E-state index is 7.27. The first-order chi connectivity index (χ1) is 20.4. The molecule has 1 nitrogen and oxygen atoms in total. The van der Waals surface area contributed by atoms with Gasteiger partial charge in [-0.3, -0.25) is 0 Å². The summed E-state index contributed by atoms with van der Waals surface area (Å²) in [5, 5.41) is 0. The zero-order chi connectivity index (χ0) is 29.5. The third-order valence-electron chi connectivity index (χ3n) is 10.4. The average Bonchev–Trinajstić information content (AvgIpc) is 3.60. The summed E-state index contributed by atoms with van der Waals surface area (Å²) in [4.78, 5) is 0. The molecule has 0 N–H and O–H groups in total. The standard InChI is InChI=1S/C37H41OSi.2ClH.Zr/c1-5-37(23-24-38-39(6-2,7-3)8-4,35-21-13-19-31-29-17-11-9-15-27(29)25-33(31)35)36-22-14-20-32-30-18-12-10-16-28(30)26-34(32)36;;;/h9-22,24H,5-8,23,25-26H2,1-4H3;2*1H;/q;;;+2/p-2. The number of fused-ring (bicyclic) bond motifs is 6. The second kappa shape index (κ2) is 12.5. The fourth-order valence-corrected chi connectivity index (χ4v) is 16.9. The third-order valence-corrected chi connectivity index (χ3v) is 20.5. The van der Waals surface area contributed by atoms with Crippen LogP contribution >= 0.6 is 17.0 Å². The van der Waals surface area contributed by atoms with Crippen molar-refractivity contribution in [1.82, 2.24) is 0 Å². The van der Waals surface area contributed by atoms with Crippen molar-refractivity contribution in [3.63, 3.8) is 0 Å². The van der Waals surface area contributed by atoms with Gasteiger partial charge in [0.1, 0.15) is 0 Å². The van der Waals surface area contributed by atoms with E-state index in [0.717, 1.165) is 43.8 Å². The zero-order valence-corrected chi connectivity index (χ0v) is 30.2. The van der Waals surface area contributed by atoms with E-state index in [1.54, 1.807) is 0 Å². The Morgan fingerprint density at radius 3 is 1.55 bits per heavy atom. The molecule has 4 aromatic rings. The molecule has 0 heterocycles. The van der Waals surface area contributed by atoms with Gasteiger partial charge in [0.25, 0.3) is 0 Å². The van der Waals surface area contributed by atoms with Gasteiger partial charge in [-0.05, 0) is 0 Å². The van der Waals surface area contributed by atoms with Crippen LogP contribution in [-0.2, 0) is 42.0 Å². The first-order valence-corrected chi connectivity index (χ1v) is 25.9. The van der Waals surface area contributed by atoms with E-state index in [-0.39, 0.29) is 9.23 Å². The van der Waals surface area contributed by atoms with Crippen LogP contribution in [0.1, 0.15) is 73.9 Å². The summed E-state index contributed by atoms with van der Waals surface area (Å²) in [5.41, 5.74) is 13.9. The molecule has 217 valence electrons. The van der Waals surface area contributed by atoms with Crippen molar-refractivity contribution >= 4 is 25.3 Å². The molecular weight excluding hydrogens is 651 g/mol. The molecule has 0 fully saturated rings. The molecule has 6 rings (SSSR count). The Balaban J connectivity index is 1.57. The van der Waals surface area contributed by atoms with Crippen molar-refractivity contribution in [2.75, 3.05) is 0 Å². The van der Waals surface area contributed by atoms with Gasteiger partial charge in [0, 0.05) is 0 Å². The Kier molecular flexibility index (Phi) is 9.08. The fraction of sp³-hybridized carbons (Fsp3) is 0.351. The van der Waals surface area contributed by atoms with Gasteiger partial charge in [-0.15, -0.1) is 0 Å². The van der Waals surface area contributed by atoms with Crippen LogP contribution in [0.2, 0.25) is 18.1 Å². The Labute approximate surface area is 268 Å². The van der Waals surface area contributed by atoms with Crippen molar-refractivity contribution in [3.8, 4) is 22.3 Å². The number of rotatable bonds is 11.